The second kappa shape index (κ2) is 14.4. The number of unbranched alkanes of at least 4 members (excludes halogenated alkanes) is 7. The zero-order valence-electron chi connectivity index (χ0n) is 15.7. The predicted molar refractivity (Wildman–Crippen MR) is 108 cm³/mol. The van der Waals surface area contributed by atoms with E-state index in [1.165, 1.54) is 51.0 Å². The molecule has 0 amide bonds. The third-order valence-electron chi connectivity index (χ3n) is 4.26. The largest absolute Gasteiger partial charge is 0.504 e. The molecule has 1 aromatic rings. The minimum absolute atomic E-state index is 0.0156. The molecule has 1 aromatic carbocycles. The number of phenolic OH excluding ortho intramolecular Hbond substituents is 2. The third kappa shape index (κ3) is 10.5. The standard InChI is InChI=1S/C23H34O2/c1-2-3-4-5-6-7-8-9-10-11-12-13-14-15-16-18-21-19-17-20-22(24)23(21)25/h2-5,9-10,17,19-20,24-25H,6-8,11-16,18H2,1H3/b3-2+,5-4-,10-9-. The van der Waals surface area contributed by atoms with Crippen LogP contribution in [0.5, 0.6) is 11.5 Å². The van der Waals surface area contributed by atoms with E-state index in [0.717, 1.165) is 24.8 Å². The fourth-order valence-corrected chi connectivity index (χ4v) is 2.76. The molecule has 25 heavy (non-hydrogen) atoms. The Morgan fingerprint density at radius 2 is 1.44 bits per heavy atom. The van der Waals surface area contributed by atoms with Crippen LogP contribution in [0.15, 0.2) is 54.7 Å². The molecule has 0 radical (unpaired) electrons. The number of phenols is 2. The summed E-state index contributed by atoms with van der Waals surface area (Å²) >= 11 is 0. The lowest BCUT2D eigenvalue weighted by Gasteiger charge is -2.05. The molecule has 138 valence electrons. The molecule has 2 heteroatoms. The van der Waals surface area contributed by atoms with Crippen molar-refractivity contribution in [3.05, 3.63) is 60.2 Å². The van der Waals surface area contributed by atoms with Gasteiger partial charge in [-0.15, -0.1) is 0 Å². The summed E-state index contributed by atoms with van der Waals surface area (Å²) in [5.74, 6) is 0.0306. The van der Waals surface area contributed by atoms with Gasteiger partial charge in [0.05, 0.1) is 0 Å². The SMILES string of the molecule is C/C=C/C=C\CCC/C=C\CCCCCCCc1cccc(O)c1O. The number of allylic oxidation sites excluding steroid dienone is 6. The van der Waals surface area contributed by atoms with Gasteiger partial charge >= 0.3 is 0 Å². The molecule has 0 aliphatic heterocycles. The van der Waals surface area contributed by atoms with Gasteiger partial charge in [-0.1, -0.05) is 67.9 Å². The van der Waals surface area contributed by atoms with Crippen LogP contribution in [0, 0.1) is 0 Å². The Bertz CT molecular complexity index is 541. The lowest BCUT2D eigenvalue weighted by atomic mass is 10.0. The van der Waals surface area contributed by atoms with Gasteiger partial charge in [0, 0.05) is 0 Å². The molecule has 0 unspecified atom stereocenters. The molecule has 0 aromatic heterocycles. The maximum Gasteiger partial charge on any atom is 0.160 e. The van der Waals surface area contributed by atoms with Crippen molar-refractivity contribution >= 4 is 0 Å². The number of rotatable bonds is 13. The molecule has 0 bridgehead atoms. The van der Waals surface area contributed by atoms with E-state index in [9.17, 15) is 10.2 Å². The number of hydrogen-bond donors (Lipinski definition) is 2. The van der Waals surface area contributed by atoms with Crippen LogP contribution >= 0.6 is 0 Å². The number of benzene rings is 1. The first kappa shape index (κ1) is 21.1. The van der Waals surface area contributed by atoms with Crippen molar-refractivity contribution in [2.45, 2.75) is 71.1 Å². The molecule has 1 rings (SSSR count). The van der Waals surface area contributed by atoms with E-state index >= 15 is 0 Å². The normalized spacial score (nSPS) is 12.0. The summed E-state index contributed by atoms with van der Waals surface area (Å²) in [6.07, 6.45) is 24.7. The van der Waals surface area contributed by atoms with Crippen LogP contribution in [-0.4, -0.2) is 10.2 Å². The molecule has 0 atom stereocenters. The molecule has 2 nitrogen and oxygen atoms in total. The van der Waals surface area contributed by atoms with Crippen LogP contribution in [0.25, 0.3) is 0 Å². The average molecular weight is 343 g/mol. The predicted octanol–water partition coefficient (Wildman–Crippen LogP) is 6.84. The van der Waals surface area contributed by atoms with Crippen LogP contribution in [0.3, 0.4) is 0 Å². The monoisotopic (exact) mass is 342 g/mol. The molecule has 0 heterocycles. The fraction of sp³-hybridized carbons (Fsp3) is 0.478. The quantitative estimate of drug-likeness (QED) is 0.178. The molecule has 0 saturated heterocycles. The Labute approximate surface area is 153 Å². The Morgan fingerprint density at radius 1 is 0.760 bits per heavy atom. The number of aryl methyl sites for hydroxylation is 1. The molecule has 0 spiro atoms. The fourth-order valence-electron chi connectivity index (χ4n) is 2.76. The van der Waals surface area contributed by atoms with Crippen molar-refractivity contribution in [3.8, 4) is 11.5 Å². The molecular weight excluding hydrogens is 308 g/mol. The minimum atomic E-state index is -0.0156. The van der Waals surface area contributed by atoms with Gasteiger partial charge in [-0.3, -0.25) is 0 Å². The van der Waals surface area contributed by atoms with Crippen molar-refractivity contribution < 1.29 is 10.2 Å². The number of para-hydroxylation sites is 1. The minimum Gasteiger partial charge on any atom is -0.504 e. The Hall–Kier alpha value is -1.96. The molecular formula is C23H34O2. The highest BCUT2D eigenvalue weighted by atomic mass is 16.3. The Kier molecular flexibility index (Phi) is 12.1. The lowest BCUT2D eigenvalue weighted by Crippen LogP contribution is -1.87. The average Bonchev–Trinajstić information content (AvgIpc) is 2.61. The topological polar surface area (TPSA) is 40.5 Å². The summed E-state index contributed by atoms with van der Waals surface area (Å²) in [5, 5.41) is 19.2. The zero-order valence-corrected chi connectivity index (χ0v) is 15.7. The molecule has 0 aliphatic rings. The van der Waals surface area contributed by atoms with Crippen molar-refractivity contribution in [3.63, 3.8) is 0 Å². The van der Waals surface area contributed by atoms with Crippen LogP contribution in [-0.2, 0) is 6.42 Å². The highest BCUT2D eigenvalue weighted by Crippen LogP contribution is 2.29. The van der Waals surface area contributed by atoms with Crippen molar-refractivity contribution in [1.29, 1.82) is 0 Å². The van der Waals surface area contributed by atoms with Crippen LogP contribution in [0.1, 0.15) is 70.3 Å². The van der Waals surface area contributed by atoms with Crippen molar-refractivity contribution in [1.82, 2.24) is 0 Å². The molecule has 0 fully saturated rings. The zero-order chi connectivity index (χ0) is 18.2. The van der Waals surface area contributed by atoms with Gasteiger partial charge in [-0.25, -0.2) is 0 Å². The molecule has 0 aliphatic carbocycles. The second-order valence-electron chi connectivity index (χ2n) is 6.45. The van der Waals surface area contributed by atoms with Crippen LogP contribution < -0.4 is 0 Å². The van der Waals surface area contributed by atoms with Gasteiger partial charge in [0.15, 0.2) is 11.5 Å². The summed E-state index contributed by atoms with van der Waals surface area (Å²) in [5.41, 5.74) is 0.850. The first-order valence-electron chi connectivity index (χ1n) is 9.68. The molecule has 2 N–H and O–H groups in total. The first-order valence-corrected chi connectivity index (χ1v) is 9.68. The first-order chi connectivity index (χ1) is 12.3. The highest BCUT2D eigenvalue weighted by Gasteiger charge is 2.04. The van der Waals surface area contributed by atoms with Gasteiger partial charge in [0.25, 0.3) is 0 Å². The van der Waals surface area contributed by atoms with Crippen molar-refractivity contribution in [2.75, 3.05) is 0 Å². The summed E-state index contributed by atoms with van der Waals surface area (Å²) in [6, 6.07) is 5.19. The van der Waals surface area contributed by atoms with E-state index in [-0.39, 0.29) is 11.5 Å². The third-order valence-corrected chi connectivity index (χ3v) is 4.26. The molecule has 0 saturated carbocycles. The smallest absolute Gasteiger partial charge is 0.160 e. The van der Waals surface area contributed by atoms with Crippen LogP contribution in [0.4, 0.5) is 0 Å². The van der Waals surface area contributed by atoms with Gasteiger partial charge in [0.1, 0.15) is 0 Å². The van der Waals surface area contributed by atoms with Gasteiger partial charge in [-0.05, 0) is 63.5 Å². The summed E-state index contributed by atoms with van der Waals surface area (Å²) in [6.45, 7) is 2.03. The summed E-state index contributed by atoms with van der Waals surface area (Å²) < 4.78 is 0. The summed E-state index contributed by atoms with van der Waals surface area (Å²) in [4.78, 5) is 0. The maximum absolute atomic E-state index is 9.75. The van der Waals surface area contributed by atoms with Gasteiger partial charge in [-0.2, -0.15) is 0 Å². The van der Waals surface area contributed by atoms with E-state index in [1.54, 1.807) is 6.07 Å². The van der Waals surface area contributed by atoms with E-state index in [4.69, 9.17) is 0 Å². The van der Waals surface area contributed by atoms with E-state index in [0.29, 0.717) is 0 Å². The Balaban J connectivity index is 1.93. The summed E-state index contributed by atoms with van der Waals surface area (Å²) in [7, 11) is 0. The Morgan fingerprint density at radius 3 is 2.24 bits per heavy atom. The van der Waals surface area contributed by atoms with E-state index in [2.05, 4.69) is 30.4 Å². The number of hydrogen-bond acceptors (Lipinski definition) is 2. The number of aromatic hydroxyl groups is 2. The lowest BCUT2D eigenvalue weighted by molar-refractivity contribution is 0.398. The van der Waals surface area contributed by atoms with E-state index < -0.39 is 0 Å². The van der Waals surface area contributed by atoms with Gasteiger partial charge in [0.2, 0.25) is 0 Å². The van der Waals surface area contributed by atoms with Crippen LogP contribution in [0.2, 0.25) is 0 Å². The van der Waals surface area contributed by atoms with Crippen molar-refractivity contribution in [2.24, 2.45) is 0 Å². The highest BCUT2D eigenvalue weighted by molar-refractivity contribution is 5.44. The second-order valence-corrected chi connectivity index (χ2v) is 6.45. The maximum atomic E-state index is 9.75. The van der Waals surface area contributed by atoms with E-state index in [1.807, 2.05) is 19.1 Å². The van der Waals surface area contributed by atoms with Gasteiger partial charge < -0.3 is 10.2 Å².